The molecule has 0 aromatic rings. The Morgan fingerprint density at radius 1 is 1.50 bits per heavy atom. The molecule has 0 spiro atoms. The maximum Gasteiger partial charge on any atom is 0.233 e. The molecule has 1 fully saturated rings. The van der Waals surface area contributed by atoms with Gasteiger partial charge in [0.2, 0.25) is 12.3 Å². The molecule has 0 bridgehead atoms. The first kappa shape index (κ1) is 14.9. The molecule has 1 aliphatic heterocycles. The number of unbranched alkanes of at least 4 members (excludes halogenated alkanes) is 1. The van der Waals surface area contributed by atoms with Crippen LogP contribution in [0.15, 0.2) is 0 Å². The molecule has 0 radical (unpaired) electrons. The van der Waals surface area contributed by atoms with Gasteiger partial charge in [0.1, 0.15) is 0 Å². The number of rotatable bonds is 7. The van der Waals surface area contributed by atoms with Crippen LogP contribution in [0, 0.1) is 5.92 Å². The lowest BCUT2D eigenvalue weighted by Gasteiger charge is -2.31. The number of carbonyl (C=O) groups is 2. The van der Waals surface area contributed by atoms with Crippen molar-refractivity contribution in [3.8, 4) is 0 Å². The van der Waals surface area contributed by atoms with Gasteiger partial charge in [-0.1, -0.05) is 19.8 Å². The minimum Gasteiger partial charge on any atom is -0.340 e. The summed E-state index contributed by atoms with van der Waals surface area (Å²) in [6, 6.07) is 0. The molecule has 1 saturated heterocycles. The van der Waals surface area contributed by atoms with Gasteiger partial charge < -0.3 is 10.2 Å². The highest BCUT2D eigenvalue weighted by atomic mass is 16.5. The molecular weight excluding hydrogens is 234 g/mol. The summed E-state index contributed by atoms with van der Waals surface area (Å²) in [6.45, 7) is 5.17. The number of piperazine rings is 1. The molecule has 1 rings (SSSR count). The third-order valence-electron chi connectivity index (χ3n) is 3.21. The Hall–Kier alpha value is -1.14. The van der Waals surface area contributed by atoms with Crippen LogP contribution < -0.4 is 5.32 Å². The Balaban J connectivity index is 2.55. The van der Waals surface area contributed by atoms with Gasteiger partial charge in [-0.15, -0.1) is 0 Å². The third-order valence-corrected chi connectivity index (χ3v) is 3.21. The Morgan fingerprint density at radius 2 is 2.17 bits per heavy atom. The standard InChI is InChI=1S/C12H23N3O3/c1-2-3-4-11(9-15(18)10-16)12(17)14-7-5-13-6-8-14/h10-11,13,18H,2-9H2,1H3. The molecule has 1 aliphatic rings. The molecule has 0 saturated carbocycles. The first-order valence-electron chi connectivity index (χ1n) is 6.59. The second-order valence-electron chi connectivity index (χ2n) is 4.64. The van der Waals surface area contributed by atoms with Crippen LogP contribution in [-0.4, -0.2) is 60.2 Å². The van der Waals surface area contributed by atoms with Crippen LogP contribution in [0.4, 0.5) is 0 Å². The fourth-order valence-corrected chi connectivity index (χ4v) is 2.16. The van der Waals surface area contributed by atoms with Crippen molar-refractivity contribution in [2.24, 2.45) is 5.92 Å². The molecular formula is C12H23N3O3. The van der Waals surface area contributed by atoms with E-state index in [1.54, 1.807) is 0 Å². The quantitative estimate of drug-likeness (QED) is 0.385. The number of nitrogens with zero attached hydrogens (tertiary/aromatic N) is 2. The zero-order chi connectivity index (χ0) is 13.4. The van der Waals surface area contributed by atoms with Crippen LogP contribution in [0.1, 0.15) is 26.2 Å². The SMILES string of the molecule is CCCCC(CN(O)C=O)C(=O)N1CCNCC1. The smallest absolute Gasteiger partial charge is 0.233 e. The molecule has 0 aromatic carbocycles. The van der Waals surface area contributed by atoms with E-state index in [0.29, 0.717) is 31.0 Å². The van der Waals surface area contributed by atoms with Gasteiger partial charge >= 0.3 is 0 Å². The summed E-state index contributed by atoms with van der Waals surface area (Å²) >= 11 is 0. The Morgan fingerprint density at radius 3 is 2.72 bits per heavy atom. The lowest BCUT2D eigenvalue weighted by Crippen LogP contribution is -2.49. The summed E-state index contributed by atoms with van der Waals surface area (Å²) in [4.78, 5) is 24.6. The summed E-state index contributed by atoms with van der Waals surface area (Å²) in [5, 5.41) is 13.0. The number of carbonyl (C=O) groups excluding carboxylic acids is 2. The molecule has 6 heteroatoms. The summed E-state index contributed by atoms with van der Waals surface area (Å²) in [6.07, 6.45) is 2.99. The molecule has 2 amide bonds. The summed E-state index contributed by atoms with van der Waals surface area (Å²) in [7, 11) is 0. The third kappa shape index (κ3) is 4.62. The Bertz CT molecular complexity index is 267. The van der Waals surface area contributed by atoms with Crippen molar-refractivity contribution in [1.82, 2.24) is 15.3 Å². The first-order chi connectivity index (χ1) is 8.69. The molecule has 1 unspecified atom stereocenters. The first-order valence-corrected chi connectivity index (χ1v) is 6.59. The Kier molecular flexibility index (Phi) is 6.67. The second-order valence-corrected chi connectivity index (χ2v) is 4.64. The average molecular weight is 257 g/mol. The van der Waals surface area contributed by atoms with Gasteiger partial charge in [-0.3, -0.25) is 14.8 Å². The van der Waals surface area contributed by atoms with E-state index in [1.807, 2.05) is 4.90 Å². The van der Waals surface area contributed by atoms with Crippen molar-refractivity contribution in [3.05, 3.63) is 0 Å². The average Bonchev–Trinajstić information content (AvgIpc) is 2.43. The molecule has 2 N–H and O–H groups in total. The maximum atomic E-state index is 12.3. The van der Waals surface area contributed by atoms with Gasteiger partial charge in [-0.2, -0.15) is 0 Å². The minimum atomic E-state index is -0.293. The van der Waals surface area contributed by atoms with E-state index in [9.17, 15) is 14.8 Å². The molecule has 18 heavy (non-hydrogen) atoms. The van der Waals surface area contributed by atoms with Gasteiger partial charge in [-0.05, 0) is 6.42 Å². The number of hydrogen-bond donors (Lipinski definition) is 2. The monoisotopic (exact) mass is 257 g/mol. The fraction of sp³-hybridized carbons (Fsp3) is 0.833. The normalized spacial score (nSPS) is 17.3. The van der Waals surface area contributed by atoms with Gasteiger partial charge in [0.15, 0.2) is 0 Å². The number of amides is 2. The summed E-state index contributed by atoms with van der Waals surface area (Å²) < 4.78 is 0. The van der Waals surface area contributed by atoms with Crippen LogP contribution in [0.3, 0.4) is 0 Å². The van der Waals surface area contributed by atoms with Crippen LogP contribution >= 0.6 is 0 Å². The van der Waals surface area contributed by atoms with Gasteiger partial charge in [0.05, 0.1) is 12.5 Å². The van der Waals surface area contributed by atoms with Gasteiger partial charge in [-0.25, -0.2) is 5.06 Å². The van der Waals surface area contributed by atoms with E-state index in [2.05, 4.69) is 12.2 Å². The maximum absolute atomic E-state index is 12.3. The lowest BCUT2D eigenvalue weighted by atomic mass is 10.00. The highest BCUT2D eigenvalue weighted by Crippen LogP contribution is 2.14. The molecule has 1 atom stereocenters. The Labute approximate surface area is 108 Å². The van der Waals surface area contributed by atoms with Crippen LogP contribution in [0.2, 0.25) is 0 Å². The van der Waals surface area contributed by atoms with E-state index < -0.39 is 0 Å². The van der Waals surface area contributed by atoms with Crippen LogP contribution in [0.5, 0.6) is 0 Å². The number of hydrogen-bond acceptors (Lipinski definition) is 4. The van der Waals surface area contributed by atoms with Gasteiger partial charge in [0, 0.05) is 26.2 Å². The molecule has 1 heterocycles. The van der Waals surface area contributed by atoms with Crippen molar-refractivity contribution < 1.29 is 14.8 Å². The van der Waals surface area contributed by atoms with E-state index in [4.69, 9.17) is 0 Å². The lowest BCUT2D eigenvalue weighted by molar-refractivity contribution is -0.157. The highest BCUT2D eigenvalue weighted by Gasteiger charge is 2.26. The van der Waals surface area contributed by atoms with Crippen molar-refractivity contribution in [2.45, 2.75) is 26.2 Å². The van der Waals surface area contributed by atoms with E-state index in [1.165, 1.54) is 0 Å². The number of hydroxylamine groups is 2. The molecule has 104 valence electrons. The summed E-state index contributed by atoms with van der Waals surface area (Å²) in [5.74, 6) is -0.246. The van der Waals surface area contributed by atoms with E-state index >= 15 is 0 Å². The van der Waals surface area contributed by atoms with Gasteiger partial charge in [0.25, 0.3) is 0 Å². The second kappa shape index (κ2) is 8.05. The fourth-order valence-electron chi connectivity index (χ4n) is 2.16. The zero-order valence-electron chi connectivity index (χ0n) is 11.0. The van der Waals surface area contributed by atoms with Crippen LogP contribution in [0.25, 0.3) is 0 Å². The largest absolute Gasteiger partial charge is 0.340 e. The predicted molar refractivity (Wildman–Crippen MR) is 67.0 cm³/mol. The predicted octanol–water partition coefficient (Wildman–Crippen LogP) is 0.0722. The van der Waals surface area contributed by atoms with Crippen molar-refractivity contribution in [1.29, 1.82) is 0 Å². The van der Waals surface area contributed by atoms with Crippen LogP contribution in [-0.2, 0) is 9.59 Å². The summed E-state index contributed by atoms with van der Waals surface area (Å²) in [5.41, 5.74) is 0. The van der Waals surface area contributed by atoms with Crippen molar-refractivity contribution in [2.75, 3.05) is 32.7 Å². The minimum absolute atomic E-state index is 0.0471. The number of nitrogens with one attached hydrogen (secondary N) is 1. The highest BCUT2D eigenvalue weighted by molar-refractivity contribution is 5.79. The van der Waals surface area contributed by atoms with Crippen molar-refractivity contribution >= 4 is 12.3 Å². The topological polar surface area (TPSA) is 72.9 Å². The molecule has 0 aliphatic carbocycles. The van der Waals surface area contributed by atoms with Crippen molar-refractivity contribution in [3.63, 3.8) is 0 Å². The molecule has 6 nitrogen and oxygen atoms in total. The zero-order valence-corrected chi connectivity index (χ0v) is 11.0. The van der Waals surface area contributed by atoms with E-state index in [-0.39, 0.29) is 18.4 Å². The van der Waals surface area contributed by atoms with E-state index in [0.717, 1.165) is 25.9 Å². The molecule has 0 aromatic heterocycles.